The van der Waals surface area contributed by atoms with Crippen LogP contribution in [0.25, 0.3) is 0 Å². The van der Waals surface area contributed by atoms with E-state index >= 15 is 0 Å². The van der Waals surface area contributed by atoms with Gasteiger partial charge < -0.3 is 14.8 Å². The van der Waals surface area contributed by atoms with E-state index in [0.29, 0.717) is 31.0 Å². The molecular weight excluding hydrogens is 314 g/mol. The smallest absolute Gasteiger partial charge is 0.222 e. The molecule has 3 fully saturated rings. The fourth-order valence-corrected chi connectivity index (χ4v) is 6.14. The summed E-state index contributed by atoms with van der Waals surface area (Å²) in [5, 5.41) is 3.43. The molecule has 3 rings (SSSR count). The van der Waals surface area contributed by atoms with Crippen LogP contribution < -0.4 is 5.32 Å². The molecule has 1 heterocycles. The topological polar surface area (TPSA) is 47.6 Å². The third-order valence-corrected chi connectivity index (χ3v) is 7.27. The van der Waals surface area contributed by atoms with Gasteiger partial charge in [-0.15, -0.1) is 0 Å². The third kappa shape index (κ3) is 3.37. The number of amides is 1. The zero-order valence-electron chi connectivity index (χ0n) is 17.0. The Bertz CT molecular complexity index is 510. The molecule has 144 valence electrons. The molecule has 4 heteroatoms. The van der Waals surface area contributed by atoms with Crippen molar-refractivity contribution in [3.8, 4) is 0 Å². The minimum Gasteiger partial charge on any atom is -0.384 e. The van der Waals surface area contributed by atoms with Crippen LogP contribution in [0.3, 0.4) is 0 Å². The monoisotopic (exact) mass is 351 g/mol. The number of carbonyl (C=O) groups is 1. The summed E-state index contributed by atoms with van der Waals surface area (Å²) >= 11 is 0. The van der Waals surface area contributed by atoms with E-state index in [1.165, 1.54) is 12.8 Å². The van der Waals surface area contributed by atoms with Crippen molar-refractivity contribution in [1.82, 2.24) is 5.32 Å². The predicted octanol–water partition coefficient (Wildman–Crippen LogP) is 3.79. The number of hydrogen-bond acceptors (Lipinski definition) is 3. The molecule has 5 atom stereocenters. The fourth-order valence-electron chi connectivity index (χ4n) is 6.14. The van der Waals surface area contributed by atoms with Crippen molar-refractivity contribution in [3.63, 3.8) is 0 Å². The number of methoxy groups -OCH3 is 1. The molecule has 1 spiro atoms. The van der Waals surface area contributed by atoms with Crippen molar-refractivity contribution >= 4 is 5.91 Å². The molecule has 0 aromatic carbocycles. The van der Waals surface area contributed by atoms with Crippen LogP contribution in [-0.2, 0) is 14.3 Å². The highest BCUT2D eigenvalue weighted by Crippen LogP contribution is 2.69. The van der Waals surface area contributed by atoms with Crippen LogP contribution in [0.2, 0.25) is 0 Å². The predicted molar refractivity (Wildman–Crippen MR) is 99.3 cm³/mol. The van der Waals surface area contributed by atoms with Gasteiger partial charge in [0.25, 0.3) is 0 Å². The summed E-state index contributed by atoms with van der Waals surface area (Å²) in [6.45, 7) is 13.0. The number of rotatable bonds is 5. The van der Waals surface area contributed by atoms with Crippen molar-refractivity contribution in [2.75, 3.05) is 20.3 Å². The standard InChI is InChI=1S/C21H37NO3/c1-19(2,3)13-16-15-11-14-12-21(15,8-10-25-16)18(20(14,4)5)22-17(23)7-9-24-6/h14-16,18H,7-13H2,1-6H3,(H,22,23)/t14-,15-,16-,18+,21?/m1/s1. The average molecular weight is 352 g/mol. The first-order valence-corrected chi connectivity index (χ1v) is 10.00. The van der Waals surface area contributed by atoms with Gasteiger partial charge in [0, 0.05) is 26.2 Å². The van der Waals surface area contributed by atoms with Crippen LogP contribution in [0.15, 0.2) is 0 Å². The molecule has 1 amide bonds. The average Bonchev–Trinajstić information content (AvgIpc) is 2.98. The van der Waals surface area contributed by atoms with Crippen molar-refractivity contribution < 1.29 is 14.3 Å². The first kappa shape index (κ1) is 19.2. The summed E-state index contributed by atoms with van der Waals surface area (Å²) in [6, 6.07) is 0.263. The Kier molecular flexibility index (Phi) is 5.00. The number of carbonyl (C=O) groups excluding carboxylic acids is 1. The van der Waals surface area contributed by atoms with Crippen LogP contribution in [-0.4, -0.2) is 38.4 Å². The lowest BCUT2D eigenvalue weighted by atomic mass is 9.58. The molecule has 25 heavy (non-hydrogen) atoms. The maximum atomic E-state index is 12.5. The molecule has 1 aliphatic heterocycles. The molecule has 2 aliphatic carbocycles. The first-order chi connectivity index (χ1) is 11.6. The summed E-state index contributed by atoms with van der Waals surface area (Å²) < 4.78 is 11.4. The van der Waals surface area contributed by atoms with Crippen LogP contribution >= 0.6 is 0 Å². The van der Waals surface area contributed by atoms with Crippen molar-refractivity contribution in [2.45, 2.75) is 78.9 Å². The molecule has 0 aromatic heterocycles. The lowest BCUT2D eigenvalue weighted by Crippen LogP contribution is -2.60. The van der Waals surface area contributed by atoms with E-state index in [0.717, 1.165) is 19.4 Å². The van der Waals surface area contributed by atoms with Crippen molar-refractivity contribution in [2.24, 2.45) is 28.1 Å². The van der Waals surface area contributed by atoms with E-state index in [2.05, 4.69) is 39.9 Å². The van der Waals surface area contributed by atoms with E-state index in [-0.39, 0.29) is 28.2 Å². The van der Waals surface area contributed by atoms with Gasteiger partial charge in [-0.1, -0.05) is 34.6 Å². The van der Waals surface area contributed by atoms with Gasteiger partial charge in [-0.25, -0.2) is 0 Å². The maximum absolute atomic E-state index is 12.5. The van der Waals surface area contributed by atoms with Crippen molar-refractivity contribution in [1.29, 1.82) is 0 Å². The molecule has 2 saturated carbocycles. The van der Waals surface area contributed by atoms with Crippen LogP contribution in [0.1, 0.15) is 66.7 Å². The summed E-state index contributed by atoms with van der Waals surface area (Å²) in [7, 11) is 1.65. The van der Waals surface area contributed by atoms with Crippen LogP contribution in [0.5, 0.6) is 0 Å². The largest absolute Gasteiger partial charge is 0.384 e. The molecule has 1 unspecified atom stereocenters. The summed E-state index contributed by atoms with van der Waals surface area (Å²) in [5.74, 6) is 1.42. The Morgan fingerprint density at radius 2 is 2.04 bits per heavy atom. The Labute approximate surface area is 153 Å². The van der Waals surface area contributed by atoms with E-state index < -0.39 is 0 Å². The highest BCUT2D eigenvalue weighted by Gasteiger charge is 2.68. The summed E-state index contributed by atoms with van der Waals surface area (Å²) in [5.41, 5.74) is 0.672. The van der Waals surface area contributed by atoms with Gasteiger partial charge >= 0.3 is 0 Å². The fraction of sp³-hybridized carbons (Fsp3) is 0.952. The number of ether oxygens (including phenoxy) is 2. The van der Waals surface area contributed by atoms with E-state index in [4.69, 9.17) is 9.47 Å². The highest BCUT2D eigenvalue weighted by molar-refractivity contribution is 5.76. The zero-order valence-corrected chi connectivity index (χ0v) is 17.0. The zero-order chi connectivity index (χ0) is 18.5. The maximum Gasteiger partial charge on any atom is 0.222 e. The summed E-state index contributed by atoms with van der Waals surface area (Å²) in [4.78, 5) is 12.5. The lowest BCUT2D eigenvalue weighted by molar-refractivity contribution is -0.141. The number of hydrogen-bond donors (Lipinski definition) is 1. The Morgan fingerprint density at radius 3 is 2.68 bits per heavy atom. The highest BCUT2D eigenvalue weighted by atomic mass is 16.5. The van der Waals surface area contributed by atoms with Gasteiger partial charge in [0.2, 0.25) is 5.91 Å². The molecule has 0 radical (unpaired) electrons. The lowest BCUT2D eigenvalue weighted by Gasteiger charge is -2.54. The van der Waals surface area contributed by atoms with Gasteiger partial charge in [-0.05, 0) is 53.8 Å². The van der Waals surface area contributed by atoms with Crippen LogP contribution in [0, 0.1) is 28.1 Å². The summed E-state index contributed by atoms with van der Waals surface area (Å²) in [6.07, 6.45) is 5.51. The van der Waals surface area contributed by atoms with Gasteiger partial charge in [0.1, 0.15) is 0 Å². The van der Waals surface area contributed by atoms with E-state index in [1.54, 1.807) is 7.11 Å². The molecular formula is C21H37NO3. The van der Waals surface area contributed by atoms with Crippen molar-refractivity contribution in [3.05, 3.63) is 0 Å². The van der Waals surface area contributed by atoms with Gasteiger partial charge in [-0.2, -0.15) is 0 Å². The first-order valence-electron chi connectivity index (χ1n) is 10.00. The van der Waals surface area contributed by atoms with E-state index in [9.17, 15) is 4.79 Å². The van der Waals surface area contributed by atoms with Gasteiger partial charge in [-0.3, -0.25) is 4.79 Å². The molecule has 2 bridgehead atoms. The number of fused-ring (bicyclic) bond motifs is 1. The number of nitrogens with one attached hydrogen (secondary N) is 1. The Balaban J connectivity index is 1.82. The second-order valence-corrected chi connectivity index (χ2v) is 10.5. The molecule has 3 aliphatic rings. The Morgan fingerprint density at radius 1 is 1.32 bits per heavy atom. The Hall–Kier alpha value is -0.610. The molecule has 4 nitrogen and oxygen atoms in total. The van der Waals surface area contributed by atoms with Crippen LogP contribution in [0.4, 0.5) is 0 Å². The quantitative estimate of drug-likeness (QED) is 0.820. The van der Waals surface area contributed by atoms with Gasteiger partial charge in [0.15, 0.2) is 0 Å². The molecule has 0 aromatic rings. The van der Waals surface area contributed by atoms with E-state index in [1.807, 2.05) is 0 Å². The normalized spacial score (nSPS) is 39.3. The third-order valence-electron chi connectivity index (χ3n) is 7.27. The molecule has 1 N–H and O–H groups in total. The van der Waals surface area contributed by atoms with Gasteiger partial charge in [0.05, 0.1) is 12.7 Å². The second kappa shape index (κ2) is 6.53. The minimum atomic E-state index is 0.138. The SMILES string of the molecule is COCCC(=O)N[C@H]1C(C)(C)[C@@H]2C[C@@H]3[C@@H](CC(C)(C)C)OCCC31C2. The second-order valence-electron chi connectivity index (χ2n) is 10.5. The molecule has 1 saturated heterocycles. The minimum absolute atomic E-state index is 0.138.